The van der Waals surface area contributed by atoms with Gasteiger partial charge < -0.3 is 9.26 Å². The first-order valence-electron chi connectivity index (χ1n) is 10.8. The van der Waals surface area contributed by atoms with Gasteiger partial charge >= 0.3 is 5.97 Å². The Balaban J connectivity index is 1.95. The van der Waals surface area contributed by atoms with Crippen LogP contribution in [0.1, 0.15) is 95.2 Å². The minimum atomic E-state index is -0.213. The van der Waals surface area contributed by atoms with Crippen molar-refractivity contribution >= 4 is 17.9 Å². The Hall–Kier alpha value is -1.08. The summed E-state index contributed by atoms with van der Waals surface area (Å²) in [6.45, 7) is 6.11. The van der Waals surface area contributed by atoms with E-state index in [1.165, 1.54) is 45.6 Å². The maximum atomic E-state index is 11.9. The van der Waals surface area contributed by atoms with Crippen LogP contribution in [0.3, 0.4) is 0 Å². The molecule has 2 atom stereocenters. The van der Waals surface area contributed by atoms with Crippen molar-refractivity contribution in [2.45, 2.75) is 83.5 Å². The molecular formula is C21H37N3O3S. The number of carbonyl (C=O) groups is 1. The second-order valence-corrected chi connectivity index (χ2v) is 8.85. The van der Waals surface area contributed by atoms with Crippen molar-refractivity contribution in [3.63, 3.8) is 0 Å². The summed E-state index contributed by atoms with van der Waals surface area (Å²) < 4.78 is 12.8. The largest absolute Gasteiger partial charge is 0.469 e. The molecule has 7 heteroatoms. The first-order valence-corrected chi connectivity index (χ1v) is 11.9. The van der Waals surface area contributed by atoms with Crippen LogP contribution in [0.5, 0.6) is 0 Å². The molecule has 2 rings (SSSR count). The fourth-order valence-electron chi connectivity index (χ4n) is 4.06. The number of ether oxygens (including phenoxy) is 1. The van der Waals surface area contributed by atoms with E-state index in [2.05, 4.69) is 34.5 Å². The number of aromatic nitrogens is 2. The van der Waals surface area contributed by atoms with Gasteiger partial charge in [-0.25, -0.2) is 0 Å². The molecule has 1 saturated carbocycles. The van der Waals surface area contributed by atoms with E-state index in [0.29, 0.717) is 12.3 Å². The summed E-state index contributed by atoms with van der Waals surface area (Å²) in [5, 5.41) is 4.22. The predicted molar refractivity (Wildman–Crippen MR) is 113 cm³/mol. The topological polar surface area (TPSA) is 68.5 Å². The molecule has 1 aliphatic carbocycles. The quantitative estimate of drug-likeness (QED) is 0.347. The molecule has 0 aromatic carbocycles. The molecule has 0 radical (unpaired) electrons. The van der Waals surface area contributed by atoms with Crippen LogP contribution in [0.4, 0.5) is 0 Å². The first-order chi connectivity index (χ1) is 13.6. The van der Waals surface area contributed by atoms with Crippen LogP contribution in [-0.4, -0.2) is 46.9 Å². The Labute approximate surface area is 174 Å². The highest BCUT2D eigenvalue weighted by atomic mass is 32.2. The molecule has 1 aromatic heterocycles. The highest BCUT2D eigenvalue weighted by Crippen LogP contribution is 2.31. The zero-order valence-corrected chi connectivity index (χ0v) is 18.8. The average molecular weight is 412 g/mol. The number of likely N-dealkylation sites (N-methyl/N-ethyl adjacent to an activating group) is 1. The summed E-state index contributed by atoms with van der Waals surface area (Å²) in [5.41, 5.74) is 0. The van der Waals surface area contributed by atoms with E-state index < -0.39 is 0 Å². The summed E-state index contributed by atoms with van der Waals surface area (Å²) in [6.07, 6.45) is 12.4. The normalized spacial score (nSPS) is 17.6. The molecule has 0 N–H and O–H groups in total. The molecule has 0 amide bonds. The second kappa shape index (κ2) is 12.5. The zero-order chi connectivity index (χ0) is 20.4. The number of rotatable bonds is 12. The van der Waals surface area contributed by atoms with E-state index in [0.717, 1.165) is 37.7 Å². The Morgan fingerprint density at radius 1 is 1.36 bits per heavy atom. The third-order valence-electron chi connectivity index (χ3n) is 5.87. The van der Waals surface area contributed by atoms with Gasteiger partial charge in [-0.1, -0.05) is 75.9 Å². The Morgan fingerprint density at radius 2 is 2.11 bits per heavy atom. The van der Waals surface area contributed by atoms with Crippen molar-refractivity contribution in [1.29, 1.82) is 0 Å². The van der Waals surface area contributed by atoms with Crippen LogP contribution < -0.4 is 0 Å². The monoisotopic (exact) mass is 411 g/mol. The lowest BCUT2D eigenvalue weighted by Crippen LogP contribution is -2.21. The average Bonchev–Trinajstić information content (AvgIpc) is 3.22. The van der Waals surface area contributed by atoms with Gasteiger partial charge in [0, 0.05) is 24.9 Å². The van der Waals surface area contributed by atoms with Crippen LogP contribution in [-0.2, 0) is 9.53 Å². The van der Waals surface area contributed by atoms with Gasteiger partial charge in [-0.15, -0.1) is 0 Å². The van der Waals surface area contributed by atoms with Crippen molar-refractivity contribution in [3.8, 4) is 0 Å². The van der Waals surface area contributed by atoms with E-state index in [9.17, 15) is 4.79 Å². The Morgan fingerprint density at radius 3 is 2.75 bits per heavy atom. The summed E-state index contributed by atoms with van der Waals surface area (Å²) in [5.74, 6) is 2.08. The SMILES string of the molecule is CCN(CC(C)c1noc(C(CCCC2CCCCC2)CC(=O)OC)n1)SC. The van der Waals surface area contributed by atoms with E-state index >= 15 is 0 Å². The van der Waals surface area contributed by atoms with Gasteiger partial charge in [0.15, 0.2) is 5.82 Å². The van der Waals surface area contributed by atoms with Crippen LogP contribution in [0, 0.1) is 5.92 Å². The summed E-state index contributed by atoms with van der Waals surface area (Å²) in [4.78, 5) is 16.6. The molecule has 2 unspecified atom stereocenters. The zero-order valence-electron chi connectivity index (χ0n) is 18.0. The van der Waals surface area contributed by atoms with Gasteiger partial charge in [-0.05, 0) is 18.6 Å². The van der Waals surface area contributed by atoms with E-state index in [4.69, 9.17) is 9.26 Å². The summed E-state index contributed by atoms with van der Waals surface area (Å²) in [7, 11) is 1.44. The number of carbonyl (C=O) groups excluding carboxylic acids is 1. The molecule has 1 aromatic rings. The highest BCUT2D eigenvalue weighted by molar-refractivity contribution is 7.96. The number of esters is 1. The molecule has 28 heavy (non-hydrogen) atoms. The van der Waals surface area contributed by atoms with Gasteiger partial charge in [0.1, 0.15) is 0 Å². The van der Waals surface area contributed by atoms with Gasteiger partial charge in [0.2, 0.25) is 5.89 Å². The molecule has 0 spiro atoms. The summed E-state index contributed by atoms with van der Waals surface area (Å²) in [6, 6.07) is 0. The van der Waals surface area contributed by atoms with E-state index in [1.807, 2.05) is 0 Å². The highest BCUT2D eigenvalue weighted by Gasteiger charge is 2.25. The van der Waals surface area contributed by atoms with E-state index in [-0.39, 0.29) is 17.8 Å². The number of nitrogens with zero attached hydrogens (tertiary/aromatic N) is 3. The molecular weight excluding hydrogens is 374 g/mol. The standard InChI is InChI=1S/C21H37N3O3S/c1-5-24(28-4)15-16(2)20-22-21(27-23-20)18(14-19(25)26-3)13-9-12-17-10-7-6-8-11-17/h16-18H,5-15H2,1-4H3. The maximum absolute atomic E-state index is 11.9. The van der Waals surface area contributed by atoms with Crippen molar-refractivity contribution < 1.29 is 14.1 Å². The molecule has 1 fully saturated rings. The van der Waals surface area contributed by atoms with Gasteiger partial charge in [-0.3, -0.25) is 9.10 Å². The number of hydrogen-bond donors (Lipinski definition) is 0. The van der Waals surface area contributed by atoms with Gasteiger partial charge in [0.05, 0.1) is 13.5 Å². The molecule has 0 saturated heterocycles. The van der Waals surface area contributed by atoms with Gasteiger partial charge in [0.25, 0.3) is 0 Å². The van der Waals surface area contributed by atoms with Crippen molar-refractivity contribution in [3.05, 3.63) is 11.7 Å². The lowest BCUT2D eigenvalue weighted by atomic mass is 9.84. The van der Waals surface area contributed by atoms with Gasteiger partial charge in [-0.2, -0.15) is 4.98 Å². The van der Waals surface area contributed by atoms with Crippen LogP contribution in [0.2, 0.25) is 0 Å². The Bertz CT molecular complexity index is 571. The van der Waals surface area contributed by atoms with E-state index in [1.54, 1.807) is 11.9 Å². The van der Waals surface area contributed by atoms with Crippen molar-refractivity contribution in [2.24, 2.45) is 5.92 Å². The smallest absolute Gasteiger partial charge is 0.306 e. The van der Waals surface area contributed by atoms with Crippen LogP contribution in [0.25, 0.3) is 0 Å². The Kier molecular flexibility index (Phi) is 10.3. The van der Waals surface area contributed by atoms with Crippen LogP contribution in [0.15, 0.2) is 4.52 Å². The third-order valence-corrected chi connectivity index (χ3v) is 6.79. The first kappa shape index (κ1) is 23.2. The number of hydrogen-bond acceptors (Lipinski definition) is 7. The fourth-order valence-corrected chi connectivity index (χ4v) is 4.69. The second-order valence-electron chi connectivity index (χ2n) is 7.97. The molecule has 160 valence electrons. The summed E-state index contributed by atoms with van der Waals surface area (Å²) >= 11 is 1.73. The van der Waals surface area contributed by atoms with Crippen LogP contribution >= 0.6 is 11.9 Å². The predicted octanol–water partition coefficient (Wildman–Crippen LogP) is 5.17. The lowest BCUT2D eigenvalue weighted by molar-refractivity contribution is -0.141. The minimum absolute atomic E-state index is 0.0488. The fraction of sp³-hybridized carbons (Fsp3) is 0.857. The maximum Gasteiger partial charge on any atom is 0.306 e. The van der Waals surface area contributed by atoms with Crippen molar-refractivity contribution in [2.75, 3.05) is 26.5 Å². The van der Waals surface area contributed by atoms with Crippen molar-refractivity contribution in [1.82, 2.24) is 14.4 Å². The lowest BCUT2D eigenvalue weighted by Gasteiger charge is -2.22. The molecule has 6 nitrogen and oxygen atoms in total. The molecule has 1 heterocycles. The third kappa shape index (κ3) is 7.39. The number of methoxy groups -OCH3 is 1. The minimum Gasteiger partial charge on any atom is -0.469 e. The molecule has 0 aliphatic heterocycles. The molecule has 1 aliphatic rings. The molecule has 0 bridgehead atoms.